The summed E-state index contributed by atoms with van der Waals surface area (Å²) in [5, 5.41) is 5.10. The van der Waals surface area contributed by atoms with Crippen molar-refractivity contribution >= 4 is 12.1 Å². The second kappa shape index (κ2) is 8.96. The van der Waals surface area contributed by atoms with Crippen molar-refractivity contribution < 1.29 is 9.59 Å². The summed E-state index contributed by atoms with van der Waals surface area (Å²) >= 11 is 0. The van der Waals surface area contributed by atoms with Crippen LogP contribution in [0.25, 0.3) is 0 Å². The summed E-state index contributed by atoms with van der Waals surface area (Å²) in [6.45, 7) is 0.586. The van der Waals surface area contributed by atoms with Crippen LogP contribution < -0.4 is 10.6 Å². The van der Waals surface area contributed by atoms with E-state index in [0.717, 1.165) is 19.3 Å². The number of hydrogen-bond acceptors (Lipinski definition) is 3. The van der Waals surface area contributed by atoms with Gasteiger partial charge >= 0.3 is 6.03 Å². The molecule has 5 nitrogen and oxygen atoms in total. The molecule has 2 N–H and O–H groups in total. The summed E-state index contributed by atoms with van der Waals surface area (Å²) in [6.07, 6.45) is 4.30. The molecule has 0 fully saturated rings. The van der Waals surface area contributed by atoms with Crippen LogP contribution in [0, 0.1) is 0 Å². The first-order chi connectivity index (χ1) is 8.83. The van der Waals surface area contributed by atoms with Crippen LogP contribution in [-0.2, 0) is 11.2 Å². The molecular weight excluding hydrogens is 230 g/mol. The van der Waals surface area contributed by atoms with Crippen LogP contribution in [0.3, 0.4) is 0 Å². The summed E-state index contributed by atoms with van der Waals surface area (Å²) in [6, 6.07) is 9.92. The van der Waals surface area contributed by atoms with Crippen molar-refractivity contribution in [3.8, 4) is 0 Å². The van der Waals surface area contributed by atoms with Crippen LogP contribution >= 0.6 is 0 Å². The van der Waals surface area contributed by atoms with Gasteiger partial charge in [-0.3, -0.25) is 0 Å². The predicted octanol–water partition coefficient (Wildman–Crippen LogP) is 1.60. The van der Waals surface area contributed by atoms with E-state index < -0.39 is 0 Å². The molecule has 18 heavy (non-hydrogen) atoms. The van der Waals surface area contributed by atoms with Crippen molar-refractivity contribution in [3.63, 3.8) is 0 Å². The Morgan fingerprint density at radius 2 is 1.94 bits per heavy atom. The Morgan fingerprint density at radius 3 is 2.67 bits per heavy atom. The molecule has 0 aromatic heterocycles. The highest BCUT2D eigenvalue weighted by molar-refractivity contribution is 5.73. The van der Waals surface area contributed by atoms with E-state index in [-0.39, 0.29) is 12.7 Å². The normalized spacial score (nSPS) is 9.33. The zero-order chi connectivity index (χ0) is 13.1. The third kappa shape index (κ3) is 6.45. The Hall–Kier alpha value is -2.13. The minimum Gasteiger partial charge on any atom is -0.338 e. The molecule has 0 spiro atoms. The monoisotopic (exact) mass is 247 g/mol. The molecule has 0 aliphatic carbocycles. The van der Waals surface area contributed by atoms with E-state index in [0.29, 0.717) is 6.54 Å². The van der Waals surface area contributed by atoms with Gasteiger partial charge in [-0.1, -0.05) is 30.3 Å². The molecule has 0 radical (unpaired) electrons. The van der Waals surface area contributed by atoms with Gasteiger partial charge in [0.2, 0.25) is 6.08 Å². The minimum absolute atomic E-state index is 0.0284. The molecular formula is C13H17N3O2. The lowest BCUT2D eigenvalue weighted by Gasteiger charge is -2.05. The maximum atomic E-state index is 11.1. The van der Waals surface area contributed by atoms with E-state index in [4.69, 9.17) is 0 Å². The van der Waals surface area contributed by atoms with Gasteiger partial charge in [0.15, 0.2) is 0 Å². The van der Waals surface area contributed by atoms with Crippen LogP contribution in [0.4, 0.5) is 4.79 Å². The average Bonchev–Trinajstić information content (AvgIpc) is 2.40. The van der Waals surface area contributed by atoms with Crippen molar-refractivity contribution in [1.29, 1.82) is 0 Å². The molecule has 96 valence electrons. The molecule has 0 unspecified atom stereocenters. The molecule has 0 heterocycles. The summed E-state index contributed by atoms with van der Waals surface area (Å²) in [4.78, 5) is 24.1. The second-order valence-corrected chi connectivity index (χ2v) is 3.78. The number of hydrogen-bond donors (Lipinski definition) is 2. The smallest absolute Gasteiger partial charge is 0.316 e. The molecule has 0 atom stereocenters. The van der Waals surface area contributed by atoms with Crippen molar-refractivity contribution in [1.82, 2.24) is 10.6 Å². The largest absolute Gasteiger partial charge is 0.338 e. The first kappa shape index (κ1) is 13.9. The lowest BCUT2D eigenvalue weighted by Crippen LogP contribution is -2.36. The van der Waals surface area contributed by atoms with E-state index in [1.807, 2.05) is 18.2 Å². The van der Waals surface area contributed by atoms with E-state index in [1.54, 1.807) is 0 Å². The molecule has 1 rings (SSSR count). The maximum absolute atomic E-state index is 11.1. The molecule has 5 heteroatoms. The molecule has 0 aliphatic rings. The molecule has 1 aromatic carbocycles. The summed E-state index contributed by atoms with van der Waals surface area (Å²) in [5.41, 5.74) is 1.31. The Morgan fingerprint density at radius 1 is 1.17 bits per heavy atom. The fourth-order valence-electron chi connectivity index (χ4n) is 1.51. The van der Waals surface area contributed by atoms with Crippen LogP contribution in [0.2, 0.25) is 0 Å². The van der Waals surface area contributed by atoms with Gasteiger partial charge in [-0.2, -0.15) is 4.99 Å². The fraction of sp³-hybridized carbons (Fsp3) is 0.385. The highest BCUT2D eigenvalue weighted by Gasteiger charge is 1.97. The van der Waals surface area contributed by atoms with Gasteiger partial charge in [0.25, 0.3) is 0 Å². The number of amides is 2. The first-order valence-electron chi connectivity index (χ1n) is 5.92. The number of nitrogens with zero attached hydrogens (tertiary/aromatic N) is 1. The fourth-order valence-corrected chi connectivity index (χ4v) is 1.51. The van der Waals surface area contributed by atoms with Crippen LogP contribution in [-0.4, -0.2) is 25.3 Å². The van der Waals surface area contributed by atoms with Crippen LogP contribution in [0.15, 0.2) is 35.3 Å². The van der Waals surface area contributed by atoms with Crippen LogP contribution in [0.1, 0.15) is 18.4 Å². The number of nitrogens with one attached hydrogen (secondary N) is 2. The lowest BCUT2D eigenvalue weighted by atomic mass is 10.1. The van der Waals surface area contributed by atoms with Gasteiger partial charge in [-0.25, -0.2) is 9.59 Å². The van der Waals surface area contributed by atoms with E-state index in [9.17, 15) is 9.59 Å². The Kier molecular flexibility index (Phi) is 6.93. The Bertz CT molecular complexity index is 400. The third-order valence-electron chi connectivity index (χ3n) is 2.40. The van der Waals surface area contributed by atoms with Crippen molar-refractivity contribution in [2.75, 3.05) is 13.2 Å². The molecule has 0 bridgehead atoms. The third-order valence-corrected chi connectivity index (χ3v) is 2.40. The second-order valence-electron chi connectivity index (χ2n) is 3.78. The summed E-state index contributed by atoms with van der Waals surface area (Å²) in [5.74, 6) is 0. The standard InChI is InChI=1S/C13H17N3O2/c17-11-14-10-16-13(18)15-9-5-4-8-12-6-2-1-3-7-12/h1-3,6-7H,4-5,8-10H2,(H2,15,16,18). The number of urea groups is 1. The molecule has 1 aromatic rings. The maximum Gasteiger partial charge on any atom is 0.316 e. The Labute approximate surface area is 106 Å². The number of carbonyl (C=O) groups excluding carboxylic acids is 2. The zero-order valence-corrected chi connectivity index (χ0v) is 10.2. The lowest BCUT2D eigenvalue weighted by molar-refractivity contribution is 0.241. The molecule has 0 saturated carbocycles. The predicted molar refractivity (Wildman–Crippen MR) is 68.9 cm³/mol. The van der Waals surface area contributed by atoms with Gasteiger partial charge in [-0.15, -0.1) is 0 Å². The highest BCUT2D eigenvalue weighted by atomic mass is 16.2. The minimum atomic E-state index is -0.311. The van der Waals surface area contributed by atoms with Crippen molar-refractivity contribution in [2.45, 2.75) is 19.3 Å². The van der Waals surface area contributed by atoms with Crippen LogP contribution in [0.5, 0.6) is 0 Å². The number of unbranched alkanes of at least 4 members (excludes halogenated alkanes) is 1. The number of aryl methyl sites for hydroxylation is 1. The highest BCUT2D eigenvalue weighted by Crippen LogP contribution is 2.03. The van der Waals surface area contributed by atoms with Gasteiger partial charge in [0, 0.05) is 6.54 Å². The van der Waals surface area contributed by atoms with Gasteiger partial charge in [0.05, 0.1) is 0 Å². The number of carbonyl (C=O) groups is 1. The average molecular weight is 247 g/mol. The number of aliphatic imine (C=N–C) groups is 1. The number of benzene rings is 1. The van der Waals surface area contributed by atoms with Gasteiger partial charge in [-0.05, 0) is 24.8 Å². The van der Waals surface area contributed by atoms with Gasteiger partial charge in [0.1, 0.15) is 6.67 Å². The summed E-state index contributed by atoms with van der Waals surface area (Å²) in [7, 11) is 0. The number of isocyanates is 1. The van der Waals surface area contributed by atoms with E-state index in [1.165, 1.54) is 11.6 Å². The van der Waals surface area contributed by atoms with E-state index in [2.05, 4.69) is 27.8 Å². The Balaban J connectivity index is 2.01. The topological polar surface area (TPSA) is 70.6 Å². The van der Waals surface area contributed by atoms with Crippen molar-refractivity contribution in [2.24, 2.45) is 4.99 Å². The number of rotatable bonds is 7. The molecule has 0 aliphatic heterocycles. The molecule has 0 saturated heterocycles. The van der Waals surface area contributed by atoms with Gasteiger partial charge < -0.3 is 10.6 Å². The molecule has 2 amide bonds. The first-order valence-corrected chi connectivity index (χ1v) is 5.92. The quantitative estimate of drug-likeness (QED) is 0.436. The zero-order valence-electron chi connectivity index (χ0n) is 10.2. The summed E-state index contributed by atoms with van der Waals surface area (Å²) < 4.78 is 0. The van der Waals surface area contributed by atoms with E-state index >= 15 is 0 Å². The van der Waals surface area contributed by atoms with Crippen molar-refractivity contribution in [3.05, 3.63) is 35.9 Å². The SMILES string of the molecule is O=C=NCNC(=O)NCCCCc1ccccc1.